The zero-order chi connectivity index (χ0) is 15.5. The molecule has 2 heteroatoms. The Hall–Kier alpha value is -1.31. The molecular weight excluding hydrogens is 260 g/mol. The van der Waals surface area contributed by atoms with E-state index in [2.05, 4.69) is 26.8 Å². The van der Waals surface area contributed by atoms with E-state index in [1.807, 2.05) is 18.2 Å². The van der Waals surface area contributed by atoms with Gasteiger partial charge in [-0.05, 0) is 30.4 Å². The van der Waals surface area contributed by atoms with E-state index in [1.165, 1.54) is 32.1 Å². The molecule has 0 fully saturated rings. The smallest absolute Gasteiger partial charge is 0.338 e. The lowest BCUT2D eigenvalue weighted by Crippen LogP contribution is -2.12. The number of ether oxygens (including phenoxy) is 1. The largest absolute Gasteiger partial charge is 0.462 e. The van der Waals surface area contributed by atoms with Gasteiger partial charge in [-0.2, -0.15) is 0 Å². The normalized spacial score (nSPS) is 10.9. The highest BCUT2D eigenvalue weighted by atomic mass is 16.5. The van der Waals surface area contributed by atoms with Gasteiger partial charge in [0.1, 0.15) is 0 Å². The highest BCUT2D eigenvalue weighted by Gasteiger charge is 2.12. The summed E-state index contributed by atoms with van der Waals surface area (Å²) in [7, 11) is 0. The lowest BCUT2D eigenvalue weighted by Gasteiger charge is -2.11. The number of rotatable bonds is 10. The molecule has 0 amide bonds. The quantitative estimate of drug-likeness (QED) is 0.426. The van der Waals surface area contributed by atoms with Crippen molar-refractivity contribution in [1.82, 2.24) is 0 Å². The predicted molar refractivity (Wildman–Crippen MR) is 88.6 cm³/mol. The van der Waals surface area contributed by atoms with E-state index in [9.17, 15) is 4.79 Å². The van der Waals surface area contributed by atoms with Gasteiger partial charge in [0.2, 0.25) is 0 Å². The van der Waals surface area contributed by atoms with Gasteiger partial charge in [0.05, 0.1) is 12.2 Å². The van der Waals surface area contributed by atoms with Crippen molar-refractivity contribution in [1.29, 1.82) is 0 Å². The third-order valence-corrected chi connectivity index (χ3v) is 3.58. The molecule has 0 aliphatic rings. The number of esters is 1. The number of benzene rings is 1. The average molecular weight is 290 g/mol. The van der Waals surface area contributed by atoms with Crippen LogP contribution in [0.4, 0.5) is 0 Å². The van der Waals surface area contributed by atoms with Crippen LogP contribution in [0.5, 0.6) is 0 Å². The summed E-state index contributed by atoms with van der Waals surface area (Å²) in [5.74, 6) is 0.199. The van der Waals surface area contributed by atoms with Crippen LogP contribution in [-0.2, 0) is 11.2 Å². The summed E-state index contributed by atoms with van der Waals surface area (Å²) < 4.78 is 5.35. The summed E-state index contributed by atoms with van der Waals surface area (Å²) in [6.45, 7) is 6.83. The molecule has 0 aliphatic carbocycles. The fourth-order valence-corrected chi connectivity index (χ4v) is 2.35. The molecule has 0 bridgehead atoms. The number of carbonyl (C=O) groups excluding carboxylic acids is 1. The Kier molecular flexibility index (Phi) is 8.80. The third kappa shape index (κ3) is 7.31. The predicted octanol–water partition coefficient (Wildman–Crippen LogP) is 5.40. The molecule has 0 spiro atoms. The maximum absolute atomic E-state index is 12.1. The minimum Gasteiger partial charge on any atom is -0.462 e. The Balaban J connectivity index is 2.45. The van der Waals surface area contributed by atoms with Crippen molar-refractivity contribution in [2.45, 2.75) is 65.7 Å². The first-order valence-electron chi connectivity index (χ1n) is 8.40. The topological polar surface area (TPSA) is 26.3 Å². The van der Waals surface area contributed by atoms with Crippen LogP contribution in [0.25, 0.3) is 0 Å². The first-order chi connectivity index (χ1) is 10.1. The van der Waals surface area contributed by atoms with E-state index in [0.29, 0.717) is 12.5 Å². The van der Waals surface area contributed by atoms with Crippen molar-refractivity contribution in [3.8, 4) is 0 Å². The molecule has 0 saturated carbocycles. The van der Waals surface area contributed by atoms with Crippen LogP contribution >= 0.6 is 0 Å². The minimum atomic E-state index is -0.176. The Morgan fingerprint density at radius 3 is 2.43 bits per heavy atom. The van der Waals surface area contributed by atoms with E-state index in [1.54, 1.807) is 0 Å². The zero-order valence-corrected chi connectivity index (χ0v) is 13.9. The summed E-state index contributed by atoms with van der Waals surface area (Å²) in [4.78, 5) is 12.1. The molecule has 2 nitrogen and oxygen atoms in total. The van der Waals surface area contributed by atoms with Crippen LogP contribution < -0.4 is 0 Å². The molecule has 0 saturated heterocycles. The molecule has 118 valence electrons. The van der Waals surface area contributed by atoms with Crippen molar-refractivity contribution in [2.75, 3.05) is 6.61 Å². The molecule has 0 aliphatic heterocycles. The van der Waals surface area contributed by atoms with Crippen molar-refractivity contribution >= 4 is 5.97 Å². The van der Waals surface area contributed by atoms with Crippen molar-refractivity contribution in [3.63, 3.8) is 0 Å². The number of unbranched alkanes of at least 4 members (excludes halogenated alkanes) is 5. The molecule has 1 aromatic rings. The Bertz CT molecular complexity index is 410. The SMILES string of the molecule is CCCCCCCCc1ccccc1C(=O)OCC(C)C. The minimum absolute atomic E-state index is 0.176. The molecule has 0 atom stereocenters. The van der Waals surface area contributed by atoms with E-state index >= 15 is 0 Å². The van der Waals surface area contributed by atoms with Crippen molar-refractivity contribution in [3.05, 3.63) is 35.4 Å². The standard InChI is InChI=1S/C19H30O2/c1-4-5-6-7-8-9-12-17-13-10-11-14-18(17)19(20)21-15-16(2)3/h10-11,13-14,16H,4-9,12,15H2,1-3H3. The van der Waals surface area contributed by atoms with E-state index in [-0.39, 0.29) is 5.97 Å². The maximum Gasteiger partial charge on any atom is 0.338 e. The van der Waals surface area contributed by atoms with Crippen LogP contribution in [0.15, 0.2) is 24.3 Å². The summed E-state index contributed by atoms with van der Waals surface area (Å²) in [5, 5.41) is 0. The molecule has 0 heterocycles. The summed E-state index contributed by atoms with van der Waals surface area (Å²) in [5.41, 5.74) is 1.87. The van der Waals surface area contributed by atoms with Crippen LogP contribution in [0, 0.1) is 5.92 Å². The molecule has 1 aromatic carbocycles. The lowest BCUT2D eigenvalue weighted by molar-refractivity contribution is 0.0457. The second-order valence-corrected chi connectivity index (χ2v) is 6.17. The number of carbonyl (C=O) groups is 1. The molecule has 21 heavy (non-hydrogen) atoms. The lowest BCUT2D eigenvalue weighted by atomic mass is 10.0. The molecule has 0 N–H and O–H groups in total. The highest BCUT2D eigenvalue weighted by Crippen LogP contribution is 2.15. The Morgan fingerprint density at radius 1 is 1.05 bits per heavy atom. The van der Waals surface area contributed by atoms with E-state index < -0.39 is 0 Å². The van der Waals surface area contributed by atoms with Crippen LogP contribution in [-0.4, -0.2) is 12.6 Å². The van der Waals surface area contributed by atoms with Gasteiger partial charge in [0, 0.05) is 0 Å². The van der Waals surface area contributed by atoms with Gasteiger partial charge in [-0.15, -0.1) is 0 Å². The van der Waals surface area contributed by atoms with Crippen molar-refractivity contribution < 1.29 is 9.53 Å². The number of aryl methyl sites for hydroxylation is 1. The fourth-order valence-electron chi connectivity index (χ4n) is 2.35. The summed E-state index contributed by atoms with van der Waals surface area (Å²) >= 11 is 0. The molecule has 0 radical (unpaired) electrons. The van der Waals surface area contributed by atoms with Gasteiger partial charge in [0.25, 0.3) is 0 Å². The second kappa shape index (κ2) is 10.4. The second-order valence-electron chi connectivity index (χ2n) is 6.17. The summed E-state index contributed by atoms with van der Waals surface area (Å²) in [6, 6.07) is 7.86. The summed E-state index contributed by atoms with van der Waals surface area (Å²) in [6.07, 6.45) is 8.61. The van der Waals surface area contributed by atoms with Crippen LogP contribution in [0.3, 0.4) is 0 Å². The Morgan fingerprint density at radius 2 is 1.71 bits per heavy atom. The van der Waals surface area contributed by atoms with Crippen molar-refractivity contribution in [2.24, 2.45) is 5.92 Å². The number of hydrogen-bond donors (Lipinski definition) is 0. The van der Waals surface area contributed by atoms with Gasteiger partial charge in [0.15, 0.2) is 0 Å². The van der Waals surface area contributed by atoms with Gasteiger partial charge < -0.3 is 4.74 Å². The first kappa shape index (κ1) is 17.7. The van der Waals surface area contributed by atoms with Gasteiger partial charge in [-0.25, -0.2) is 4.79 Å². The fraction of sp³-hybridized carbons (Fsp3) is 0.632. The van der Waals surface area contributed by atoms with Gasteiger partial charge in [-0.1, -0.05) is 71.1 Å². The van der Waals surface area contributed by atoms with Crippen LogP contribution in [0.2, 0.25) is 0 Å². The molecular formula is C19H30O2. The molecule has 0 aromatic heterocycles. The Labute approximate surface area is 129 Å². The third-order valence-electron chi connectivity index (χ3n) is 3.58. The monoisotopic (exact) mass is 290 g/mol. The van der Waals surface area contributed by atoms with Gasteiger partial charge >= 0.3 is 5.97 Å². The maximum atomic E-state index is 12.1. The van der Waals surface area contributed by atoms with Crippen LogP contribution in [0.1, 0.15) is 75.2 Å². The molecule has 0 unspecified atom stereocenters. The van der Waals surface area contributed by atoms with Gasteiger partial charge in [-0.3, -0.25) is 0 Å². The highest BCUT2D eigenvalue weighted by molar-refractivity contribution is 5.91. The number of hydrogen-bond acceptors (Lipinski definition) is 2. The molecule has 1 rings (SSSR count). The van der Waals surface area contributed by atoms with E-state index in [4.69, 9.17) is 4.74 Å². The average Bonchev–Trinajstić information content (AvgIpc) is 2.48. The zero-order valence-electron chi connectivity index (χ0n) is 13.9. The first-order valence-corrected chi connectivity index (χ1v) is 8.40. The van der Waals surface area contributed by atoms with E-state index in [0.717, 1.165) is 24.0 Å².